The van der Waals surface area contributed by atoms with Crippen molar-refractivity contribution < 1.29 is 32.9 Å². The maximum atomic E-state index is 13.1. The van der Waals surface area contributed by atoms with Crippen LogP contribution in [-0.4, -0.2) is 73.4 Å². The Balaban J connectivity index is 3.94. The number of hydrogen-bond acceptors (Lipinski definition) is 5. The first-order valence-corrected chi connectivity index (χ1v) is 38.6. The first kappa shape index (κ1) is 81.2. The summed E-state index contributed by atoms with van der Waals surface area (Å²) in [6.45, 7) is 4.89. The minimum absolute atomic E-state index is 0.0655. The van der Waals surface area contributed by atoms with Crippen molar-refractivity contribution >= 4 is 13.7 Å². The number of quaternary nitrogens is 1. The summed E-state index contributed by atoms with van der Waals surface area (Å²) in [6, 6.07) is -0.844. The number of phosphoric acid groups is 1. The third kappa shape index (κ3) is 66.8. The Morgan fingerprint density at radius 3 is 0.902 bits per heavy atom. The standard InChI is InChI=1S/C73H147N2O6P/c1-6-8-10-12-14-16-18-20-22-24-26-28-30-32-33-34-35-36-37-38-39-40-41-42-43-45-47-49-51-53-55-57-59-61-63-65-67-73(77)74-71(70-81-82(78,79)80-69-68-75(3,4)5)72(76)66-64-62-60-58-56-54-52-50-48-46-44-31-29-27-25-23-21-19-17-15-13-11-9-7-2/h64,66,71-72,76H,6-63,65,67-70H2,1-5H3,(H-,74,77,78,79)/p+1/b66-64+. The third-order valence-electron chi connectivity index (χ3n) is 17.5. The molecule has 490 valence electrons. The topological polar surface area (TPSA) is 105 Å². The highest BCUT2D eigenvalue weighted by atomic mass is 31.2. The molecule has 82 heavy (non-hydrogen) atoms. The summed E-state index contributed by atoms with van der Waals surface area (Å²) < 4.78 is 23.8. The fourth-order valence-electron chi connectivity index (χ4n) is 11.8. The zero-order valence-corrected chi connectivity index (χ0v) is 57.2. The van der Waals surface area contributed by atoms with Gasteiger partial charge in [-0.15, -0.1) is 0 Å². The summed E-state index contributed by atoms with van der Waals surface area (Å²) in [7, 11) is 1.60. The number of likely N-dealkylation sites (N-methyl/N-ethyl adjacent to an activating group) is 1. The average Bonchev–Trinajstić information content (AvgIpc) is 3.47. The van der Waals surface area contributed by atoms with Gasteiger partial charge in [0.05, 0.1) is 39.9 Å². The van der Waals surface area contributed by atoms with E-state index in [9.17, 15) is 19.4 Å². The van der Waals surface area contributed by atoms with E-state index in [2.05, 4.69) is 19.2 Å². The van der Waals surface area contributed by atoms with Gasteiger partial charge in [-0.3, -0.25) is 13.8 Å². The lowest BCUT2D eigenvalue weighted by Crippen LogP contribution is -2.45. The van der Waals surface area contributed by atoms with E-state index < -0.39 is 20.0 Å². The average molecular weight is 1180 g/mol. The number of aliphatic hydroxyl groups excluding tert-OH is 1. The number of nitrogens with zero attached hydrogens (tertiary/aromatic N) is 1. The third-order valence-corrected chi connectivity index (χ3v) is 18.5. The van der Waals surface area contributed by atoms with Crippen LogP contribution in [0.3, 0.4) is 0 Å². The van der Waals surface area contributed by atoms with Gasteiger partial charge in [-0.25, -0.2) is 4.57 Å². The van der Waals surface area contributed by atoms with E-state index in [1.54, 1.807) is 6.08 Å². The minimum Gasteiger partial charge on any atom is -0.387 e. The Kier molecular flexibility index (Phi) is 64.1. The highest BCUT2D eigenvalue weighted by molar-refractivity contribution is 7.47. The summed E-state index contributed by atoms with van der Waals surface area (Å²) >= 11 is 0. The quantitative estimate of drug-likeness (QED) is 0.0243. The molecule has 0 aliphatic carbocycles. The molecule has 9 heteroatoms. The largest absolute Gasteiger partial charge is 0.472 e. The van der Waals surface area contributed by atoms with Gasteiger partial charge in [-0.1, -0.05) is 386 Å². The number of carbonyl (C=O) groups is 1. The van der Waals surface area contributed by atoms with Gasteiger partial charge in [0, 0.05) is 6.42 Å². The second-order valence-electron chi connectivity index (χ2n) is 27.0. The van der Waals surface area contributed by atoms with E-state index in [1.807, 2.05) is 27.2 Å². The summed E-state index contributed by atoms with van der Waals surface area (Å²) in [6.07, 6.45) is 83.8. The summed E-state index contributed by atoms with van der Waals surface area (Å²) in [5.74, 6) is -0.166. The lowest BCUT2D eigenvalue weighted by Gasteiger charge is -2.25. The zero-order chi connectivity index (χ0) is 59.8. The molecule has 3 unspecified atom stereocenters. The van der Waals surface area contributed by atoms with Gasteiger partial charge in [0.15, 0.2) is 0 Å². The summed E-state index contributed by atoms with van der Waals surface area (Å²) in [5, 5.41) is 14.0. The van der Waals surface area contributed by atoms with Crippen LogP contribution in [0.5, 0.6) is 0 Å². The van der Waals surface area contributed by atoms with Crippen molar-refractivity contribution in [2.24, 2.45) is 0 Å². The second-order valence-corrected chi connectivity index (χ2v) is 28.5. The fraction of sp³-hybridized carbons (Fsp3) is 0.959. The zero-order valence-electron chi connectivity index (χ0n) is 56.3. The monoisotopic (exact) mass is 1180 g/mol. The normalized spacial score (nSPS) is 13.6. The van der Waals surface area contributed by atoms with Crippen molar-refractivity contribution in [3.8, 4) is 0 Å². The molecule has 0 saturated heterocycles. The van der Waals surface area contributed by atoms with Gasteiger partial charge >= 0.3 is 7.82 Å². The lowest BCUT2D eigenvalue weighted by atomic mass is 10.0. The number of carbonyl (C=O) groups excluding carboxylic acids is 1. The molecule has 0 fully saturated rings. The van der Waals surface area contributed by atoms with E-state index >= 15 is 0 Å². The molecule has 0 aromatic rings. The fourth-order valence-corrected chi connectivity index (χ4v) is 12.5. The molecular formula is C73H148N2O6P+. The highest BCUT2D eigenvalue weighted by Crippen LogP contribution is 2.43. The maximum Gasteiger partial charge on any atom is 0.472 e. The number of allylic oxidation sites excluding steroid dienone is 1. The number of unbranched alkanes of at least 4 members (excludes halogenated alkanes) is 57. The lowest BCUT2D eigenvalue weighted by molar-refractivity contribution is -0.870. The molecule has 3 atom stereocenters. The van der Waals surface area contributed by atoms with Gasteiger partial charge in [-0.2, -0.15) is 0 Å². The first-order chi connectivity index (χ1) is 40.0. The Morgan fingerprint density at radius 2 is 0.646 bits per heavy atom. The van der Waals surface area contributed by atoms with Crippen LogP contribution in [0.1, 0.15) is 399 Å². The maximum absolute atomic E-state index is 13.1. The molecule has 0 aromatic carbocycles. The van der Waals surface area contributed by atoms with E-state index in [-0.39, 0.29) is 19.1 Å². The SMILES string of the molecule is CCCCCCCCCCCCCCCCCCCCCCCC/C=C/C(O)C(COP(=O)(O)OCC[N+](C)(C)C)NC(=O)CCCCCCCCCCCCCCCCCCCCCCCCCCCCCCCCCCCCCC. The molecular weight excluding hydrogens is 1030 g/mol. The smallest absolute Gasteiger partial charge is 0.387 e. The van der Waals surface area contributed by atoms with Crippen LogP contribution >= 0.6 is 7.82 Å². The molecule has 0 bridgehead atoms. The Morgan fingerprint density at radius 1 is 0.402 bits per heavy atom. The predicted molar refractivity (Wildman–Crippen MR) is 360 cm³/mol. The summed E-state index contributed by atoms with van der Waals surface area (Å²) in [5.41, 5.74) is 0. The predicted octanol–water partition coefficient (Wildman–Crippen LogP) is 23.7. The second kappa shape index (κ2) is 64.7. The van der Waals surface area contributed by atoms with Crippen LogP contribution in [0.25, 0.3) is 0 Å². The Hall–Kier alpha value is -0.760. The molecule has 0 rings (SSSR count). The van der Waals surface area contributed by atoms with Gasteiger partial charge in [0.1, 0.15) is 13.2 Å². The number of hydrogen-bond donors (Lipinski definition) is 3. The van der Waals surface area contributed by atoms with Crippen LogP contribution in [0.4, 0.5) is 0 Å². The number of amides is 1. The first-order valence-electron chi connectivity index (χ1n) is 37.1. The van der Waals surface area contributed by atoms with Crippen LogP contribution < -0.4 is 5.32 Å². The molecule has 8 nitrogen and oxygen atoms in total. The van der Waals surface area contributed by atoms with E-state index in [4.69, 9.17) is 9.05 Å². The van der Waals surface area contributed by atoms with Gasteiger partial charge < -0.3 is 19.8 Å². The number of phosphoric ester groups is 1. The molecule has 0 heterocycles. The van der Waals surface area contributed by atoms with Crippen molar-refractivity contribution in [3.05, 3.63) is 12.2 Å². The van der Waals surface area contributed by atoms with Gasteiger partial charge in [0.2, 0.25) is 5.91 Å². The van der Waals surface area contributed by atoms with Crippen LogP contribution in [0.2, 0.25) is 0 Å². The van der Waals surface area contributed by atoms with Crippen LogP contribution in [0.15, 0.2) is 12.2 Å². The number of aliphatic hydroxyl groups is 1. The number of nitrogens with one attached hydrogen (secondary N) is 1. The summed E-state index contributed by atoms with van der Waals surface area (Å²) in [4.78, 5) is 23.4. The van der Waals surface area contributed by atoms with E-state index in [0.717, 1.165) is 32.1 Å². The number of rotatable bonds is 70. The van der Waals surface area contributed by atoms with Crippen molar-refractivity contribution in [2.75, 3.05) is 40.9 Å². The van der Waals surface area contributed by atoms with Crippen molar-refractivity contribution in [2.45, 2.75) is 411 Å². The van der Waals surface area contributed by atoms with Gasteiger partial charge in [0.25, 0.3) is 0 Å². The Labute approximate surface area is 513 Å². The van der Waals surface area contributed by atoms with Gasteiger partial charge in [-0.05, 0) is 19.3 Å². The molecule has 0 aliphatic rings. The molecule has 1 amide bonds. The van der Waals surface area contributed by atoms with E-state index in [0.29, 0.717) is 17.4 Å². The molecule has 3 N–H and O–H groups in total. The Bertz CT molecular complexity index is 1340. The van der Waals surface area contributed by atoms with E-state index in [1.165, 1.54) is 347 Å². The molecule has 0 aromatic heterocycles. The minimum atomic E-state index is -4.35. The molecule has 0 spiro atoms. The highest BCUT2D eigenvalue weighted by Gasteiger charge is 2.28. The van der Waals surface area contributed by atoms with Crippen molar-refractivity contribution in [1.82, 2.24) is 5.32 Å². The molecule has 0 radical (unpaired) electrons. The van der Waals surface area contributed by atoms with Crippen LogP contribution in [-0.2, 0) is 18.4 Å². The van der Waals surface area contributed by atoms with Crippen molar-refractivity contribution in [3.63, 3.8) is 0 Å². The van der Waals surface area contributed by atoms with Crippen molar-refractivity contribution in [1.29, 1.82) is 0 Å². The molecule has 0 saturated carbocycles. The van der Waals surface area contributed by atoms with Crippen LogP contribution in [0, 0.1) is 0 Å². The molecule has 0 aliphatic heterocycles.